The van der Waals surface area contributed by atoms with Gasteiger partial charge >= 0.3 is 0 Å². The number of methoxy groups -OCH3 is 1. The maximum atomic E-state index is 12.2. The average molecular weight is 353 g/mol. The van der Waals surface area contributed by atoms with Gasteiger partial charge in [-0.25, -0.2) is 0 Å². The Kier molecular flexibility index (Phi) is 5.12. The highest BCUT2D eigenvalue weighted by Crippen LogP contribution is 2.25. The monoisotopic (exact) mass is 353 g/mol. The van der Waals surface area contributed by atoms with E-state index < -0.39 is 0 Å². The van der Waals surface area contributed by atoms with Crippen LogP contribution in [0.15, 0.2) is 42.7 Å². The molecule has 0 aliphatic rings. The highest BCUT2D eigenvalue weighted by molar-refractivity contribution is 5.92. The molecule has 2 aromatic carbocycles. The molecule has 0 fully saturated rings. The van der Waals surface area contributed by atoms with E-state index in [2.05, 4.69) is 20.8 Å². The van der Waals surface area contributed by atoms with Crippen molar-refractivity contribution in [1.29, 1.82) is 0 Å². The summed E-state index contributed by atoms with van der Waals surface area (Å²) in [7, 11) is 1.55. The first kappa shape index (κ1) is 17.4. The summed E-state index contributed by atoms with van der Waals surface area (Å²) in [5, 5.41) is 13.9. The van der Waals surface area contributed by atoms with Gasteiger partial charge in [-0.3, -0.25) is 4.79 Å². The number of amides is 1. The van der Waals surface area contributed by atoms with Crippen LogP contribution in [0.4, 0.5) is 5.69 Å². The predicted molar refractivity (Wildman–Crippen MR) is 95.7 cm³/mol. The number of anilines is 1. The number of carbonyl (C=O) groups is 1. The van der Waals surface area contributed by atoms with Crippen LogP contribution in [-0.2, 0) is 4.79 Å². The standard InChI is InChI=1S/C18H19N5O3/c1-12-4-6-16(13(2)8-12)26-10-18(24)20-14-5-7-17(25-3)15(9-14)23-11-19-21-22-23/h4-9,11H,10H2,1-3H3,(H,20,24). The molecule has 0 spiro atoms. The topological polar surface area (TPSA) is 91.2 Å². The van der Waals surface area contributed by atoms with Gasteiger partial charge in [0.2, 0.25) is 0 Å². The summed E-state index contributed by atoms with van der Waals surface area (Å²) in [6.07, 6.45) is 1.45. The Balaban J connectivity index is 1.68. The summed E-state index contributed by atoms with van der Waals surface area (Å²) < 4.78 is 12.4. The Morgan fingerprint density at radius 1 is 1.15 bits per heavy atom. The molecular formula is C18H19N5O3. The fraction of sp³-hybridized carbons (Fsp3) is 0.222. The Labute approximate surface area is 150 Å². The number of nitrogens with zero attached hydrogens (tertiary/aromatic N) is 4. The molecule has 8 nitrogen and oxygen atoms in total. The van der Waals surface area contributed by atoms with Crippen LogP contribution in [0.5, 0.6) is 11.5 Å². The van der Waals surface area contributed by atoms with E-state index in [1.807, 2.05) is 32.0 Å². The number of carbonyl (C=O) groups excluding carboxylic acids is 1. The fourth-order valence-electron chi connectivity index (χ4n) is 2.52. The molecule has 0 atom stereocenters. The molecule has 1 amide bonds. The lowest BCUT2D eigenvalue weighted by molar-refractivity contribution is -0.118. The van der Waals surface area contributed by atoms with Gasteiger partial charge < -0.3 is 14.8 Å². The van der Waals surface area contributed by atoms with Crippen LogP contribution in [-0.4, -0.2) is 39.8 Å². The van der Waals surface area contributed by atoms with Crippen molar-refractivity contribution in [2.75, 3.05) is 19.0 Å². The molecule has 0 unspecified atom stereocenters. The Hall–Kier alpha value is -3.42. The number of hydrogen-bond donors (Lipinski definition) is 1. The molecule has 134 valence electrons. The van der Waals surface area contributed by atoms with Crippen LogP contribution in [0.25, 0.3) is 5.69 Å². The molecule has 1 aromatic heterocycles. The van der Waals surface area contributed by atoms with Gasteiger partial charge in [-0.05, 0) is 54.1 Å². The van der Waals surface area contributed by atoms with Gasteiger partial charge in [-0.15, -0.1) is 5.10 Å². The number of tetrazole rings is 1. The van der Waals surface area contributed by atoms with E-state index in [1.54, 1.807) is 25.3 Å². The lowest BCUT2D eigenvalue weighted by atomic mass is 10.1. The molecule has 3 rings (SSSR count). The summed E-state index contributed by atoms with van der Waals surface area (Å²) in [5.41, 5.74) is 3.34. The van der Waals surface area contributed by atoms with Crippen molar-refractivity contribution in [3.8, 4) is 17.2 Å². The quantitative estimate of drug-likeness (QED) is 0.731. The molecule has 8 heteroatoms. The normalized spacial score (nSPS) is 10.4. The number of hydrogen-bond acceptors (Lipinski definition) is 6. The number of aromatic nitrogens is 4. The first-order valence-corrected chi connectivity index (χ1v) is 7.98. The minimum atomic E-state index is -0.266. The van der Waals surface area contributed by atoms with Crippen LogP contribution in [0, 0.1) is 13.8 Å². The molecule has 0 aliphatic carbocycles. The minimum absolute atomic E-state index is 0.0872. The summed E-state index contributed by atoms with van der Waals surface area (Å²) in [6.45, 7) is 3.87. The number of rotatable bonds is 6. The van der Waals surface area contributed by atoms with E-state index in [0.717, 1.165) is 11.1 Å². The molecule has 3 aromatic rings. The Morgan fingerprint density at radius 2 is 1.96 bits per heavy atom. The minimum Gasteiger partial charge on any atom is -0.494 e. The van der Waals surface area contributed by atoms with Crippen LogP contribution in [0.3, 0.4) is 0 Å². The Bertz CT molecular complexity index is 909. The maximum absolute atomic E-state index is 12.2. The van der Waals surface area contributed by atoms with Crippen molar-refractivity contribution in [2.24, 2.45) is 0 Å². The number of nitrogens with one attached hydrogen (secondary N) is 1. The second kappa shape index (κ2) is 7.64. The van der Waals surface area contributed by atoms with Gasteiger partial charge in [0.1, 0.15) is 23.5 Å². The largest absolute Gasteiger partial charge is 0.494 e. The lowest BCUT2D eigenvalue weighted by Crippen LogP contribution is -2.20. The van der Waals surface area contributed by atoms with Gasteiger partial charge in [0.15, 0.2) is 6.61 Å². The lowest BCUT2D eigenvalue weighted by Gasteiger charge is -2.12. The van der Waals surface area contributed by atoms with E-state index >= 15 is 0 Å². The van der Waals surface area contributed by atoms with Crippen molar-refractivity contribution in [2.45, 2.75) is 13.8 Å². The smallest absolute Gasteiger partial charge is 0.262 e. The van der Waals surface area contributed by atoms with Crippen molar-refractivity contribution in [1.82, 2.24) is 20.2 Å². The molecule has 1 heterocycles. The summed E-state index contributed by atoms with van der Waals surface area (Å²) in [5.74, 6) is 1.01. The average Bonchev–Trinajstić information content (AvgIpc) is 3.15. The zero-order valence-electron chi connectivity index (χ0n) is 14.8. The molecular weight excluding hydrogens is 334 g/mol. The maximum Gasteiger partial charge on any atom is 0.262 e. The van der Waals surface area contributed by atoms with Gasteiger partial charge in [0.05, 0.1) is 7.11 Å². The third kappa shape index (κ3) is 3.97. The summed E-state index contributed by atoms with van der Waals surface area (Å²) in [4.78, 5) is 12.2. The molecule has 0 aliphatic heterocycles. The van der Waals surface area contributed by atoms with Crippen LogP contribution < -0.4 is 14.8 Å². The van der Waals surface area contributed by atoms with Crippen molar-refractivity contribution < 1.29 is 14.3 Å². The van der Waals surface area contributed by atoms with E-state index in [-0.39, 0.29) is 12.5 Å². The van der Waals surface area contributed by atoms with E-state index in [4.69, 9.17) is 9.47 Å². The first-order valence-electron chi connectivity index (χ1n) is 7.98. The van der Waals surface area contributed by atoms with Crippen molar-refractivity contribution >= 4 is 11.6 Å². The second-order valence-electron chi connectivity index (χ2n) is 5.75. The van der Waals surface area contributed by atoms with Gasteiger partial charge in [0.25, 0.3) is 5.91 Å². The van der Waals surface area contributed by atoms with Crippen molar-refractivity contribution in [3.63, 3.8) is 0 Å². The van der Waals surface area contributed by atoms with E-state index in [1.165, 1.54) is 11.0 Å². The number of benzene rings is 2. The molecule has 0 radical (unpaired) electrons. The third-order valence-electron chi connectivity index (χ3n) is 3.75. The fourth-order valence-corrected chi connectivity index (χ4v) is 2.52. The SMILES string of the molecule is COc1ccc(NC(=O)COc2ccc(C)cc2C)cc1-n1cnnn1. The van der Waals surface area contributed by atoms with E-state index in [0.29, 0.717) is 22.9 Å². The molecule has 0 saturated carbocycles. The highest BCUT2D eigenvalue weighted by Gasteiger charge is 2.11. The highest BCUT2D eigenvalue weighted by atomic mass is 16.5. The zero-order chi connectivity index (χ0) is 18.5. The van der Waals surface area contributed by atoms with Crippen LogP contribution in [0.1, 0.15) is 11.1 Å². The van der Waals surface area contributed by atoms with Crippen molar-refractivity contribution in [3.05, 3.63) is 53.9 Å². The molecule has 0 saturated heterocycles. The summed E-state index contributed by atoms with van der Waals surface area (Å²) in [6, 6.07) is 11.0. The molecule has 1 N–H and O–H groups in total. The van der Waals surface area contributed by atoms with Gasteiger partial charge in [-0.2, -0.15) is 4.68 Å². The van der Waals surface area contributed by atoms with Crippen LogP contribution >= 0.6 is 0 Å². The second-order valence-corrected chi connectivity index (χ2v) is 5.75. The number of ether oxygens (including phenoxy) is 2. The first-order chi connectivity index (χ1) is 12.6. The molecule has 26 heavy (non-hydrogen) atoms. The van der Waals surface area contributed by atoms with E-state index in [9.17, 15) is 4.79 Å². The van der Waals surface area contributed by atoms with Gasteiger partial charge in [0, 0.05) is 5.69 Å². The van der Waals surface area contributed by atoms with Crippen LogP contribution in [0.2, 0.25) is 0 Å². The third-order valence-corrected chi connectivity index (χ3v) is 3.75. The zero-order valence-corrected chi connectivity index (χ0v) is 14.8. The molecule has 0 bridgehead atoms. The van der Waals surface area contributed by atoms with Gasteiger partial charge in [-0.1, -0.05) is 17.7 Å². The Morgan fingerprint density at radius 3 is 2.65 bits per heavy atom. The summed E-state index contributed by atoms with van der Waals surface area (Å²) >= 11 is 0. The number of aryl methyl sites for hydroxylation is 2. The predicted octanol–water partition coefficient (Wildman–Crippen LogP) is 2.31.